The number of hydrogen-bond acceptors (Lipinski definition) is 3. The average Bonchev–Trinajstić information content (AvgIpc) is 3.20. The van der Waals surface area contributed by atoms with Gasteiger partial charge in [0.2, 0.25) is 5.78 Å². The standard InChI is InChI=1S/C28H17BrCl4N2O2/c1-16-27(25(36)12-4-17-2-8-20(30)14-23(17)32)28(34-35(16)22-10-6-19(29)7-11-22)26(37)13-5-18-3-9-21(31)15-24(18)33/h2-15H,1H3/b12-4+,13-5+. The van der Waals surface area contributed by atoms with E-state index in [1.807, 2.05) is 24.3 Å². The van der Waals surface area contributed by atoms with Crippen LogP contribution < -0.4 is 0 Å². The van der Waals surface area contributed by atoms with Crippen LogP contribution in [0.3, 0.4) is 0 Å². The number of carbonyl (C=O) groups is 2. The van der Waals surface area contributed by atoms with Crippen molar-refractivity contribution in [3.8, 4) is 5.69 Å². The van der Waals surface area contributed by atoms with Crippen LogP contribution in [0.2, 0.25) is 20.1 Å². The molecular weight excluding hydrogens is 618 g/mol. The van der Waals surface area contributed by atoms with Crippen molar-refractivity contribution in [1.82, 2.24) is 9.78 Å². The van der Waals surface area contributed by atoms with Crippen LogP contribution in [0.25, 0.3) is 17.8 Å². The van der Waals surface area contributed by atoms with E-state index in [2.05, 4.69) is 21.0 Å². The molecule has 0 saturated heterocycles. The van der Waals surface area contributed by atoms with E-state index >= 15 is 0 Å². The first-order chi connectivity index (χ1) is 17.6. The molecule has 0 fully saturated rings. The van der Waals surface area contributed by atoms with Gasteiger partial charge in [-0.1, -0.05) is 74.5 Å². The van der Waals surface area contributed by atoms with Crippen molar-refractivity contribution < 1.29 is 9.59 Å². The number of benzene rings is 3. The van der Waals surface area contributed by atoms with E-state index in [0.29, 0.717) is 42.6 Å². The Hall–Kier alpha value is -2.67. The largest absolute Gasteiger partial charge is 0.289 e. The van der Waals surface area contributed by atoms with Crippen LogP contribution in [-0.2, 0) is 0 Å². The first kappa shape index (κ1) is 27.4. The second-order valence-electron chi connectivity index (χ2n) is 7.92. The van der Waals surface area contributed by atoms with Crippen molar-refractivity contribution in [2.45, 2.75) is 6.92 Å². The molecule has 0 unspecified atom stereocenters. The van der Waals surface area contributed by atoms with Gasteiger partial charge in [-0.05, 0) is 90.9 Å². The molecule has 0 radical (unpaired) electrons. The molecule has 0 saturated carbocycles. The summed E-state index contributed by atoms with van der Waals surface area (Å²) in [5, 5.41) is 6.28. The minimum atomic E-state index is -0.453. The van der Waals surface area contributed by atoms with E-state index in [-0.39, 0.29) is 11.3 Å². The SMILES string of the molecule is Cc1c(C(=O)/C=C/c2ccc(Cl)cc2Cl)c(C(=O)/C=C/c2ccc(Cl)cc2Cl)nn1-c1ccc(Br)cc1. The molecule has 0 spiro atoms. The number of hydrogen-bond donors (Lipinski definition) is 0. The predicted molar refractivity (Wildman–Crippen MR) is 156 cm³/mol. The van der Waals surface area contributed by atoms with Gasteiger partial charge < -0.3 is 0 Å². The van der Waals surface area contributed by atoms with Gasteiger partial charge >= 0.3 is 0 Å². The molecule has 0 N–H and O–H groups in total. The zero-order valence-electron chi connectivity index (χ0n) is 19.2. The van der Waals surface area contributed by atoms with Crippen molar-refractivity contribution in [3.05, 3.63) is 125 Å². The fourth-order valence-corrected chi connectivity index (χ4v) is 4.78. The second kappa shape index (κ2) is 11.8. The maximum absolute atomic E-state index is 13.4. The summed E-state index contributed by atoms with van der Waals surface area (Å²) in [5.74, 6) is -0.848. The van der Waals surface area contributed by atoms with Crippen molar-refractivity contribution in [1.29, 1.82) is 0 Å². The van der Waals surface area contributed by atoms with Gasteiger partial charge in [0, 0.05) is 24.6 Å². The zero-order valence-corrected chi connectivity index (χ0v) is 23.8. The lowest BCUT2D eigenvalue weighted by molar-refractivity contribution is 0.101. The molecule has 37 heavy (non-hydrogen) atoms. The molecule has 0 aliphatic rings. The van der Waals surface area contributed by atoms with Gasteiger partial charge in [0.05, 0.1) is 16.9 Å². The van der Waals surface area contributed by atoms with Crippen LogP contribution in [0, 0.1) is 6.92 Å². The third-order valence-electron chi connectivity index (χ3n) is 5.42. The zero-order chi connectivity index (χ0) is 26.7. The normalized spacial score (nSPS) is 11.5. The van der Waals surface area contributed by atoms with Gasteiger partial charge in [-0.25, -0.2) is 4.68 Å². The number of aromatic nitrogens is 2. The Morgan fingerprint density at radius 2 is 1.30 bits per heavy atom. The highest BCUT2D eigenvalue weighted by Gasteiger charge is 2.24. The minimum Gasteiger partial charge on any atom is -0.289 e. The van der Waals surface area contributed by atoms with Crippen LogP contribution in [0.4, 0.5) is 0 Å². The Bertz CT molecular complexity index is 1570. The smallest absolute Gasteiger partial charge is 0.206 e. The molecule has 1 heterocycles. The quantitative estimate of drug-likeness (QED) is 0.150. The van der Waals surface area contributed by atoms with E-state index in [0.717, 1.165) is 4.47 Å². The highest BCUT2D eigenvalue weighted by Crippen LogP contribution is 2.26. The molecule has 4 aromatic rings. The van der Waals surface area contributed by atoms with Gasteiger partial charge in [0.15, 0.2) is 5.78 Å². The average molecular weight is 635 g/mol. The lowest BCUT2D eigenvalue weighted by Gasteiger charge is -2.04. The Kier molecular flexibility index (Phi) is 8.73. The van der Waals surface area contributed by atoms with Gasteiger partial charge in [-0.15, -0.1) is 0 Å². The fraction of sp³-hybridized carbons (Fsp3) is 0.0357. The van der Waals surface area contributed by atoms with Crippen molar-refractivity contribution in [2.75, 3.05) is 0 Å². The summed E-state index contributed by atoms with van der Waals surface area (Å²) in [6, 6.07) is 17.3. The summed E-state index contributed by atoms with van der Waals surface area (Å²) < 4.78 is 2.46. The molecule has 186 valence electrons. The van der Waals surface area contributed by atoms with Crippen molar-refractivity contribution in [3.63, 3.8) is 0 Å². The number of halogens is 5. The predicted octanol–water partition coefficient (Wildman–Crippen LogP) is 9.35. The van der Waals surface area contributed by atoms with Crippen LogP contribution in [0.15, 0.2) is 77.3 Å². The van der Waals surface area contributed by atoms with E-state index in [4.69, 9.17) is 46.4 Å². The monoisotopic (exact) mass is 632 g/mol. The van der Waals surface area contributed by atoms with Crippen LogP contribution >= 0.6 is 62.3 Å². The molecule has 3 aromatic carbocycles. The fourth-order valence-electron chi connectivity index (χ4n) is 3.57. The summed E-state index contributed by atoms with van der Waals surface area (Å²) in [6.07, 6.45) is 5.84. The highest BCUT2D eigenvalue weighted by molar-refractivity contribution is 9.10. The van der Waals surface area contributed by atoms with Crippen LogP contribution in [-0.4, -0.2) is 21.3 Å². The van der Waals surface area contributed by atoms with Gasteiger partial charge in [-0.3, -0.25) is 9.59 Å². The number of ketones is 2. The van der Waals surface area contributed by atoms with Gasteiger partial charge in [-0.2, -0.15) is 5.10 Å². The van der Waals surface area contributed by atoms with Crippen molar-refractivity contribution >= 4 is 86.1 Å². The second-order valence-corrected chi connectivity index (χ2v) is 10.5. The van der Waals surface area contributed by atoms with Crippen molar-refractivity contribution in [2.24, 2.45) is 0 Å². The first-order valence-electron chi connectivity index (χ1n) is 10.8. The topological polar surface area (TPSA) is 52.0 Å². The number of rotatable bonds is 7. The Morgan fingerprint density at radius 1 is 0.784 bits per heavy atom. The number of carbonyl (C=O) groups excluding carboxylic acids is 2. The molecule has 1 aromatic heterocycles. The van der Waals surface area contributed by atoms with E-state index < -0.39 is 11.6 Å². The molecule has 0 amide bonds. The first-order valence-corrected chi connectivity index (χ1v) is 13.1. The summed E-state index contributed by atoms with van der Waals surface area (Å²) in [5.41, 5.74) is 2.62. The molecular formula is C28H17BrCl4N2O2. The van der Waals surface area contributed by atoms with Crippen LogP contribution in [0.1, 0.15) is 37.7 Å². The van der Waals surface area contributed by atoms with E-state index in [1.165, 1.54) is 12.2 Å². The molecule has 4 nitrogen and oxygen atoms in total. The molecule has 4 rings (SSSR count). The van der Waals surface area contributed by atoms with Gasteiger partial charge in [0.1, 0.15) is 5.69 Å². The Morgan fingerprint density at radius 3 is 1.81 bits per heavy atom. The lowest BCUT2D eigenvalue weighted by Crippen LogP contribution is -2.05. The lowest BCUT2D eigenvalue weighted by atomic mass is 10.0. The summed E-state index contributed by atoms with van der Waals surface area (Å²) >= 11 is 27.8. The highest BCUT2D eigenvalue weighted by atomic mass is 79.9. The molecule has 0 aliphatic carbocycles. The van der Waals surface area contributed by atoms with Crippen LogP contribution in [0.5, 0.6) is 0 Å². The Balaban J connectivity index is 1.75. The summed E-state index contributed by atoms with van der Waals surface area (Å²) in [7, 11) is 0. The molecule has 0 bridgehead atoms. The van der Waals surface area contributed by atoms with Gasteiger partial charge in [0.25, 0.3) is 0 Å². The number of allylic oxidation sites excluding steroid dienone is 2. The summed E-state index contributed by atoms with van der Waals surface area (Å²) in [4.78, 5) is 26.7. The third-order valence-corrected chi connectivity index (χ3v) is 7.07. The maximum atomic E-state index is 13.4. The minimum absolute atomic E-state index is 0.0126. The molecule has 0 aliphatic heterocycles. The summed E-state index contributed by atoms with van der Waals surface area (Å²) in [6.45, 7) is 1.74. The maximum Gasteiger partial charge on any atom is 0.206 e. The number of nitrogens with zero attached hydrogens (tertiary/aromatic N) is 2. The Labute approximate surface area is 242 Å². The molecule has 9 heteroatoms. The van der Waals surface area contributed by atoms with E-state index in [9.17, 15) is 9.59 Å². The van der Waals surface area contributed by atoms with E-state index in [1.54, 1.807) is 60.2 Å². The third kappa shape index (κ3) is 6.43. The molecule has 0 atom stereocenters.